The SMILES string of the molecule is CC/C=C\C/C=C\C/C=C\CCCCC(=O)OCC(COC(=O)C/C=C\C/C=C\C/C=C\CC)OC(=O)CCCCC/C=C\C=C/CCCC. The monoisotopic (exact) mass is 693 g/mol. The van der Waals surface area contributed by atoms with Crippen LogP contribution in [0.15, 0.2) is 97.2 Å². The third kappa shape index (κ3) is 35.6. The molecule has 0 aromatic carbocycles. The van der Waals surface area contributed by atoms with E-state index in [2.05, 4.69) is 106 Å². The number of allylic oxidation sites excluding steroid dienone is 15. The number of hydrogen-bond acceptors (Lipinski definition) is 6. The van der Waals surface area contributed by atoms with Crippen LogP contribution < -0.4 is 0 Å². The van der Waals surface area contributed by atoms with Crippen molar-refractivity contribution < 1.29 is 28.6 Å². The highest BCUT2D eigenvalue weighted by Crippen LogP contribution is 2.09. The fourth-order valence-corrected chi connectivity index (χ4v) is 4.49. The van der Waals surface area contributed by atoms with E-state index < -0.39 is 12.1 Å². The average molecular weight is 693 g/mol. The molecule has 0 saturated carbocycles. The van der Waals surface area contributed by atoms with E-state index in [1.54, 1.807) is 6.08 Å². The van der Waals surface area contributed by atoms with Crippen molar-refractivity contribution in [2.45, 2.75) is 149 Å². The van der Waals surface area contributed by atoms with Crippen molar-refractivity contribution in [3.8, 4) is 0 Å². The van der Waals surface area contributed by atoms with Crippen molar-refractivity contribution in [3.63, 3.8) is 0 Å². The summed E-state index contributed by atoms with van der Waals surface area (Å²) in [6.45, 7) is 6.13. The zero-order valence-electron chi connectivity index (χ0n) is 31.6. The average Bonchev–Trinajstić information content (AvgIpc) is 3.11. The third-order valence-electron chi connectivity index (χ3n) is 7.36. The fourth-order valence-electron chi connectivity index (χ4n) is 4.49. The van der Waals surface area contributed by atoms with Crippen LogP contribution in [0.25, 0.3) is 0 Å². The fraction of sp³-hybridized carbons (Fsp3) is 0.568. The van der Waals surface area contributed by atoms with Crippen LogP contribution in [0.5, 0.6) is 0 Å². The van der Waals surface area contributed by atoms with Crippen molar-refractivity contribution in [2.75, 3.05) is 13.2 Å². The third-order valence-corrected chi connectivity index (χ3v) is 7.36. The molecule has 0 heterocycles. The molecule has 0 spiro atoms. The van der Waals surface area contributed by atoms with Crippen LogP contribution in [0.1, 0.15) is 143 Å². The van der Waals surface area contributed by atoms with Gasteiger partial charge in [-0.1, -0.05) is 137 Å². The van der Waals surface area contributed by atoms with E-state index >= 15 is 0 Å². The number of ether oxygens (including phenoxy) is 3. The van der Waals surface area contributed by atoms with Gasteiger partial charge in [0.25, 0.3) is 0 Å². The highest BCUT2D eigenvalue weighted by atomic mass is 16.6. The number of rotatable bonds is 32. The van der Waals surface area contributed by atoms with Crippen molar-refractivity contribution in [3.05, 3.63) is 97.2 Å². The molecule has 0 rings (SSSR count). The molecule has 0 aliphatic heterocycles. The Balaban J connectivity index is 4.60. The smallest absolute Gasteiger partial charge is 0.309 e. The van der Waals surface area contributed by atoms with Crippen molar-refractivity contribution >= 4 is 17.9 Å². The number of carbonyl (C=O) groups is 3. The Morgan fingerprint density at radius 2 is 0.920 bits per heavy atom. The van der Waals surface area contributed by atoms with Gasteiger partial charge in [0, 0.05) is 12.8 Å². The summed E-state index contributed by atoms with van der Waals surface area (Å²) in [5.41, 5.74) is 0. The Labute approximate surface area is 305 Å². The number of esters is 3. The zero-order chi connectivity index (χ0) is 36.6. The van der Waals surface area contributed by atoms with Crippen LogP contribution in [0.2, 0.25) is 0 Å². The second kappa shape index (κ2) is 38.1. The lowest BCUT2D eigenvalue weighted by Gasteiger charge is -2.18. The quantitative estimate of drug-likeness (QED) is 0.0229. The Kier molecular flexibility index (Phi) is 35.3. The van der Waals surface area contributed by atoms with Gasteiger partial charge in [-0.15, -0.1) is 0 Å². The first kappa shape index (κ1) is 46.3. The van der Waals surface area contributed by atoms with Crippen LogP contribution in [-0.4, -0.2) is 37.2 Å². The summed E-state index contributed by atoms with van der Waals surface area (Å²) in [7, 11) is 0. The van der Waals surface area contributed by atoms with Crippen molar-refractivity contribution in [2.24, 2.45) is 0 Å². The van der Waals surface area contributed by atoms with Crippen LogP contribution in [0.3, 0.4) is 0 Å². The Morgan fingerprint density at radius 3 is 1.52 bits per heavy atom. The largest absolute Gasteiger partial charge is 0.462 e. The van der Waals surface area contributed by atoms with E-state index in [0.717, 1.165) is 77.0 Å². The maximum atomic E-state index is 12.6. The summed E-state index contributed by atoms with van der Waals surface area (Å²) < 4.78 is 16.4. The minimum absolute atomic E-state index is 0.119. The summed E-state index contributed by atoms with van der Waals surface area (Å²) in [6, 6.07) is 0. The summed E-state index contributed by atoms with van der Waals surface area (Å²) in [4.78, 5) is 37.3. The molecular weight excluding hydrogens is 624 g/mol. The molecule has 0 aliphatic rings. The molecule has 0 amide bonds. The molecule has 280 valence electrons. The highest BCUT2D eigenvalue weighted by Gasteiger charge is 2.19. The van der Waals surface area contributed by atoms with Crippen LogP contribution in [-0.2, 0) is 28.6 Å². The topological polar surface area (TPSA) is 78.9 Å². The lowest BCUT2D eigenvalue weighted by molar-refractivity contribution is -0.166. The van der Waals surface area contributed by atoms with Crippen LogP contribution >= 0.6 is 0 Å². The first-order valence-electron chi connectivity index (χ1n) is 19.3. The molecular formula is C44H68O6. The molecule has 0 N–H and O–H groups in total. The number of unbranched alkanes of at least 4 members (excludes halogenated alkanes) is 7. The molecule has 0 fully saturated rings. The molecule has 50 heavy (non-hydrogen) atoms. The highest BCUT2D eigenvalue weighted by molar-refractivity contribution is 5.72. The molecule has 1 atom stereocenters. The van der Waals surface area contributed by atoms with Gasteiger partial charge >= 0.3 is 17.9 Å². The van der Waals surface area contributed by atoms with E-state index in [-0.39, 0.29) is 44.4 Å². The molecule has 0 radical (unpaired) electrons. The molecule has 0 bridgehead atoms. The van der Waals surface area contributed by atoms with Crippen LogP contribution in [0, 0.1) is 0 Å². The van der Waals surface area contributed by atoms with E-state index in [1.165, 1.54) is 12.8 Å². The zero-order valence-corrected chi connectivity index (χ0v) is 31.6. The Bertz CT molecular complexity index is 1070. The van der Waals surface area contributed by atoms with E-state index in [9.17, 15) is 14.4 Å². The minimum Gasteiger partial charge on any atom is -0.462 e. The van der Waals surface area contributed by atoms with Gasteiger partial charge in [0.2, 0.25) is 0 Å². The molecule has 0 aliphatic carbocycles. The standard InChI is InChI=1S/C44H68O6/c1-4-7-10-13-16-19-21-23-25-28-31-34-37-43(46)49-40-41(39-48-42(45)36-33-30-27-24-18-15-12-9-6-3)50-44(47)38-35-32-29-26-22-20-17-14-11-8-5-2/h7,9-10,12,14,16-20,22-25,30,33,41H,4-6,8,11,13,15,21,26-29,31-32,34-40H2,1-3H3/b10-7-,12-9-,17-14-,19-16-,22-20-,24-18-,25-23-,33-30-. The molecule has 0 aromatic rings. The second-order valence-electron chi connectivity index (χ2n) is 12.1. The van der Waals surface area contributed by atoms with Gasteiger partial charge in [-0.3, -0.25) is 14.4 Å². The van der Waals surface area contributed by atoms with Gasteiger partial charge in [0.15, 0.2) is 6.10 Å². The Morgan fingerprint density at radius 1 is 0.460 bits per heavy atom. The van der Waals surface area contributed by atoms with E-state index in [0.29, 0.717) is 12.8 Å². The van der Waals surface area contributed by atoms with Gasteiger partial charge in [-0.05, 0) is 83.5 Å². The number of hydrogen-bond donors (Lipinski definition) is 0. The minimum atomic E-state index is -0.839. The Hall–Kier alpha value is -3.67. The van der Waals surface area contributed by atoms with Crippen LogP contribution in [0.4, 0.5) is 0 Å². The van der Waals surface area contributed by atoms with Gasteiger partial charge in [-0.2, -0.15) is 0 Å². The first-order valence-corrected chi connectivity index (χ1v) is 19.3. The molecule has 0 aromatic heterocycles. The number of carbonyl (C=O) groups excluding carboxylic acids is 3. The van der Waals surface area contributed by atoms with Gasteiger partial charge < -0.3 is 14.2 Å². The predicted octanol–water partition coefficient (Wildman–Crippen LogP) is 11.9. The first-order chi connectivity index (χ1) is 24.5. The van der Waals surface area contributed by atoms with Gasteiger partial charge in [0.05, 0.1) is 6.42 Å². The van der Waals surface area contributed by atoms with Crippen molar-refractivity contribution in [1.82, 2.24) is 0 Å². The maximum Gasteiger partial charge on any atom is 0.309 e. The lowest BCUT2D eigenvalue weighted by Crippen LogP contribution is -2.30. The molecule has 1 unspecified atom stereocenters. The van der Waals surface area contributed by atoms with E-state index in [1.807, 2.05) is 6.08 Å². The normalized spacial score (nSPS) is 13.1. The maximum absolute atomic E-state index is 12.6. The summed E-state index contributed by atoms with van der Waals surface area (Å²) in [5.74, 6) is -1.15. The summed E-state index contributed by atoms with van der Waals surface area (Å²) >= 11 is 0. The summed E-state index contributed by atoms with van der Waals surface area (Å²) in [5, 5.41) is 0. The van der Waals surface area contributed by atoms with Gasteiger partial charge in [-0.25, -0.2) is 0 Å². The van der Waals surface area contributed by atoms with E-state index in [4.69, 9.17) is 14.2 Å². The van der Waals surface area contributed by atoms with Crippen molar-refractivity contribution in [1.29, 1.82) is 0 Å². The van der Waals surface area contributed by atoms with Gasteiger partial charge in [0.1, 0.15) is 13.2 Å². The molecule has 6 heteroatoms. The lowest BCUT2D eigenvalue weighted by atomic mass is 10.1. The molecule has 0 saturated heterocycles. The second-order valence-corrected chi connectivity index (χ2v) is 12.1. The predicted molar refractivity (Wildman–Crippen MR) is 210 cm³/mol. The summed E-state index contributed by atoms with van der Waals surface area (Å²) in [6.07, 6.45) is 48.6. The molecule has 6 nitrogen and oxygen atoms in total.